The van der Waals surface area contributed by atoms with E-state index in [9.17, 15) is 4.79 Å². The number of hydrogen-bond donors (Lipinski definition) is 1. The van der Waals surface area contributed by atoms with E-state index in [4.69, 9.17) is 5.11 Å². The Morgan fingerprint density at radius 1 is 1.62 bits per heavy atom. The first kappa shape index (κ1) is 9.00. The summed E-state index contributed by atoms with van der Waals surface area (Å²) in [7, 11) is 0. The van der Waals surface area contributed by atoms with Gasteiger partial charge in [0.05, 0.1) is 5.41 Å². The second kappa shape index (κ2) is 2.98. The molecule has 2 rings (SSSR count). The highest BCUT2D eigenvalue weighted by Gasteiger charge is 2.49. The summed E-state index contributed by atoms with van der Waals surface area (Å²) < 4.78 is 0. The molecule has 3 nitrogen and oxygen atoms in total. The van der Waals surface area contributed by atoms with Gasteiger partial charge in [0.25, 0.3) is 0 Å². The highest BCUT2D eigenvalue weighted by molar-refractivity contribution is 5.75. The molecule has 2 heterocycles. The molecule has 0 aromatic rings. The van der Waals surface area contributed by atoms with Crippen molar-refractivity contribution >= 4 is 5.97 Å². The molecule has 0 saturated carbocycles. The van der Waals surface area contributed by atoms with E-state index in [1.165, 1.54) is 0 Å². The molecule has 0 radical (unpaired) electrons. The third kappa shape index (κ3) is 1.26. The van der Waals surface area contributed by atoms with Gasteiger partial charge in [-0.1, -0.05) is 6.92 Å². The summed E-state index contributed by atoms with van der Waals surface area (Å²) in [4.78, 5) is 13.5. The lowest BCUT2D eigenvalue weighted by Crippen LogP contribution is -2.44. The maximum atomic E-state index is 11.1. The van der Waals surface area contributed by atoms with E-state index in [1.807, 2.05) is 0 Å². The molecule has 0 spiro atoms. The molecule has 13 heavy (non-hydrogen) atoms. The topological polar surface area (TPSA) is 40.5 Å². The standard InChI is InChI=1S/C10H17NO2/c1-2-8-3-4-10(9(12)13)5-6-11(8)7-10/h8H,2-7H2,1H3,(H,12,13). The van der Waals surface area contributed by atoms with Crippen LogP contribution in [0.2, 0.25) is 0 Å². The molecule has 2 aliphatic rings. The van der Waals surface area contributed by atoms with Crippen LogP contribution in [0.1, 0.15) is 32.6 Å². The van der Waals surface area contributed by atoms with Gasteiger partial charge in [-0.25, -0.2) is 0 Å². The monoisotopic (exact) mass is 183 g/mol. The van der Waals surface area contributed by atoms with Crippen molar-refractivity contribution < 1.29 is 9.90 Å². The Bertz CT molecular complexity index is 229. The number of aliphatic carboxylic acids is 1. The summed E-state index contributed by atoms with van der Waals surface area (Å²) in [5, 5.41) is 9.15. The number of hydrogen-bond acceptors (Lipinski definition) is 2. The minimum atomic E-state index is -0.579. The summed E-state index contributed by atoms with van der Waals surface area (Å²) in [6.07, 6.45) is 3.98. The van der Waals surface area contributed by atoms with Crippen molar-refractivity contribution in [1.29, 1.82) is 0 Å². The van der Waals surface area contributed by atoms with Gasteiger partial charge in [0.2, 0.25) is 0 Å². The Hall–Kier alpha value is -0.570. The third-order valence-electron chi connectivity index (χ3n) is 3.78. The number of carboxylic acid groups (broad SMARTS) is 1. The van der Waals surface area contributed by atoms with Crippen molar-refractivity contribution in [2.45, 2.75) is 38.6 Å². The van der Waals surface area contributed by atoms with E-state index in [-0.39, 0.29) is 5.41 Å². The van der Waals surface area contributed by atoms with E-state index < -0.39 is 5.97 Å². The van der Waals surface area contributed by atoms with Crippen molar-refractivity contribution in [3.8, 4) is 0 Å². The van der Waals surface area contributed by atoms with E-state index in [0.717, 1.165) is 38.8 Å². The quantitative estimate of drug-likeness (QED) is 0.702. The summed E-state index contributed by atoms with van der Waals surface area (Å²) >= 11 is 0. The fourth-order valence-corrected chi connectivity index (χ4v) is 2.79. The molecule has 1 N–H and O–H groups in total. The molecule has 3 unspecified atom stereocenters. The summed E-state index contributed by atoms with van der Waals surface area (Å²) in [5.41, 5.74) is -0.383. The molecule has 2 saturated heterocycles. The van der Waals surface area contributed by atoms with Crippen LogP contribution in [0.15, 0.2) is 0 Å². The zero-order valence-corrected chi connectivity index (χ0v) is 8.12. The number of fused-ring (bicyclic) bond motifs is 2. The predicted octanol–water partition coefficient (Wildman–Crippen LogP) is 1.34. The Balaban J connectivity index is 2.13. The normalized spacial score (nSPS) is 43.5. The molecule has 74 valence electrons. The first-order valence-electron chi connectivity index (χ1n) is 5.15. The molecule has 3 atom stereocenters. The van der Waals surface area contributed by atoms with Gasteiger partial charge < -0.3 is 5.11 Å². The first-order chi connectivity index (χ1) is 6.18. The number of nitrogens with zero attached hydrogens (tertiary/aromatic N) is 1. The molecule has 2 aliphatic heterocycles. The predicted molar refractivity (Wildman–Crippen MR) is 49.6 cm³/mol. The van der Waals surface area contributed by atoms with Gasteiger partial charge in [-0.05, 0) is 32.2 Å². The van der Waals surface area contributed by atoms with Crippen LogP contribution in [-0.4, -0.2) is 35.1 Å². The lowest BCUT2D eigenvalue weighted by molar-refractivity contribution is -0.150. The number of carboxylic acids is 1. The zero-order chi connectivity index (χ0) is 9.47. The average Bonchev–Trinajstić information content (AvgIpc) is 2.47. The molecular formula is C10H17NO2. The molecule has 2 bridgehead atoms. The SMILES string of the molecule is CCC1CCC2(C(=O)O)CCN1C2. The number of piperidine rings is 1. The largest absolute Gasteiger partial charge is 0.481 e. The van der Waals surface area contributed by atoms with Gasteiger partial charge in [-0.15, -0.1) is 0 Å². The second-order valence-corrected chi connectivity index (χ2v) is 4.41. The van der Waals surface area contributed by atoms with Crippen LogP contribution in [0.5, 0.6) is 0 Å². The van der Waals surface area contributed by atoms with Crippen LogP contribution in [0.25, 0.3) is 0 Å². The summed E-state index contributed by atoms with van der Waals surface area (Å²) in [5.74, 6) is -0.579. The maximum absolute atomic E-state index is 11.1. The fraction of sp³-hybridized carbons (Fsp3) is 0.900. The molecule has 2 fully saturated rings. The van der Waals surface area contributed by atoms with Gasteiger partial charge in [-0.3, -0.25) is 9.69 Å². The number of carbonyl (C=O) groups is 1. The van der Waals surface area contributed by atoms with Crippen LogP contribution in [0.3, 0.4) is 0 Å². The van der Waals surface area contributed by atoms with Gasteiger partial charge >= 0.3 is 5.97 Å². The second-order valence-electron chi connectivity index (χ2n) is 4.41. The van der Waals surface area contributed by atoms with Crippen molar-refractivity contribution in [3.63, 3.8) is 0 Å². The molecule has 0 aromatic carbocycles. The van der Waals surface area contributed by atoms with Crippen LogP contribution >= 0.6 is 0 Å². The maximum Gasteiger partial charge on any atom is 0.310 e. The van der Waals surface area contributed by atoms with Crippen LogP contribution < -0.4 is 0 Å². The Morgan fingerprint density at radius 3 is 3.00 bits per heavy atom. The Kier molecular flexibility index (Phi) is 2.06. The van der Waals surface area contributed by atoms with Crippen molar-refractivity contribution in [2.24, 2.45) is 5.41 Å². The van der Waals surface area contributed by atoms with Crippen molar-refractivity contribution in [3.05, 3.63) is 0 Å². The van der Waals surface area contributed by atoms with Gasteiger partial charge in [0, 0.05) is 12.6 Å². The molecule has 0 amide bonds. The van der Waals surface area contributed by atoms with Gasteiger partial charge in [-0.2, -0.15) is 0 Å². The molecular weight excluding hydrogens is 166 g/mol. The summed E-state index contributed by atoms with van der Waals surface area (Å²) in [6, 6.07) is 0.648. The van der Waals surface area contributed by atoms with Gasteiger partial charge in [0.1, 0.15) is 0 Å². The van der Waals surface area contributed by atoms with E-state index in [2.05, 4.69) is 11.8 Å². The van der Waals surface area contributed by atoms with Crippen LogP contribution in [0, 0.1) is 5.41 Å². The Labute approximate surface area is 78.7 Å². The molecule has 0 aliphatic carbocycles. The van der Waals surface area contributed by atoms with Crippen molar-refractivity contribution in [1.82, 2.24) is 4.90 Å². The average molecular weight is 183 g/mol. The molecule has 3 heteroatoms. The lowest BCUT2D eigenvalue weighted by atomic mass is 9.79. The fourth-order valence-electron chi connectivity index (χ4n) is 2.79. The highest BCUT2D eigenvalue weighted by Crippen LogP contribution is 2.42. The first-order valence-corrected chi connectivity index (χ1v) is 5.15. The minimum Gasteiger partial charge on any atom is -0.481 e. The van der Waals surface area contributed by atoms with E-state index >= 15 is 0 Å². The van der Waals surface area contributed by atoms with Crippen molar-refractivity contribution in [2.75, 3.05) is 13.1 Å². The summed E-state index contributed by atoms with van der Waals surface area (Å²) in [6.45, 7) is 3.97. The highest BCUT2D eigenvalue weighted by atomic mass is 16.4. The van der Waals surface area contributed by atoms with E-state index in [0.29, 0.717) is 6.04 Å². The zero-order valence-electron chi connectivity index (χ0n) is 8.12. The lowest BCUT2D eigenvalue weighted by Gasteiger charge is -2.36. The van der Waals surface area contributed by atoms with Crippen LogP contribution in [-0.2, 0) is 4.79 Å². The van der Waals surface area contributed by atoms with Gasteiger partial charge in [0.15, 0.2) is 0 Å². The van der Waals surface area contributed by atoms with Crippen LogP contribution in [0.4, 0.5) is 0 Å². The number of rotatable bonds is 2. The molecule has 0 aromatic heterocycles. The smallest absolute Gasteiger partial charge is 0.310 e. The minimum absolute atomic E-state index is 0.383. The van der Waals surface area contributed by atoms with E-state index in [1.54, 1.807) is 0 Å². The third-order valence-corrected chi connectivity index (χ3v) is 3.78. The Morgan fingerprint density at radius 2 is 2.38 bits per heavy atom.